The van der Waals surface area contributed by atoms with Crippen LogP contribution in [0.3, 0.4) is 0 Å². The average molecular weight is 365 g/mol. The second-order valence-corrected chi connectivity index (χ2v) is 7.33. The highest BCUT2D eigenvalue weighted by atomic mass is 16.3. The molecule has 0 bridgehead atoms. The molecule has 0 aliphatic carbocycles. The third-order valence-electron chi connectivity index (χ3n) is 5.43. The number of pyridine rings is 2. The minimum atomic E-state index is 0.689. The second-order valence-electron chi connectivity index (χ2n) is 7.33. The zero-order valence-corrected chi connectivity index (χ0v) is 16.2. The van der Waals surface area contributed by atoms with Gasteiger partial charge >= 0.3 is 0 Å². The van der Waals surface area contributed by atoms with E-state index in [9.17, 15) is 0 Å². The molecule has 0 aliphatic rings. The standard InChI is InChI=1S/C25H21N2O/c1-16-14-17(2)23(24-22(16)20-10-7-12-26-25(20)28-24)21-15-19(11-13-27(21)3)18-8-5-4-6-9-18/h4-15H,1-3H3/q+1. The van der Waals surface area contributed by atoms with Crippen LogP contribution in [0.15, 0.2) is 77.5 Å². The van der Waals surface area contributed by atoms with Gasteiger partial charge in [-0.05, 0) is 48.2 Å². The highest BCUT2D eigenvalue weighted by Crippen LogP contribution is 2.38. The fourth-order valence-electron chi connectivity index (χ4n) is 4.09. The number of rotatable bonds is 2. The van der Waals surface area contributed by atoms with Crippen molar-refractivity contribution in [3.8, 4) is 22.4 Å². The summed E-state index contributed by atoms with van der Waals surface area (Å²) in [6.07, 6.45) is 3.90. The van der Waals surface area contributed by atoms with E-state index < -0.39 is 0 Å². The van der Waals surface area contributed by atoms with E-state index in [4.69, 9.17) is 4.42 Å². The Morgan fingerprint density at radius 1 is 0.857 bits per heavy atom. The van der Waals surface area contributed by atoms with Gasteiger partial charge in [-0.1, -0.05) is 36.4 Å². The second kappa shape index (κ2) is 6.31. The topological polar surface area (TPSA) is 29.9 Å². The Labute approximate surface area is 163 Å². The van der Waals surface area contributed by atoms with Gasteiger partial charge in [-0.2, -0.15) is 0 Å². The van der Waals surface area contributed by atoms with Crippen molar-refractivity contribution in [1.29, 1.82) is 0 Å². The third-order valence-corrected chi connectivity index (χ3v) is 5.43. The molecule has 0 aliphatic heterocycles. The first kappa shape index (κ1) is 16.7. The highest BCUT2D eigenvalue weighted by molar-refractivity contribution is 6.10. The van der Waals surface area contributed by atoms with Crippen LogP contribution >= 0.6 is 0 Å². The summed E-state index contributed by atoms with van der Waals surface area (Å²) in [6.45, 7) is 4.29. The molecule has 0 fully saturated rings. The summed E-state index contributed by atoms with van der Waals surface area (Å²) in [6, 6.07) is 21.2. The lowest BCUT2D eigenvalue weighted by Gasteiger charge is -2.09. The van der Waals surface area contributed by atoms with E-state index >= 15 is 0 Å². The maximum atomic E-state index is 6.28. The first-order chi connectivity index (χ1) is 13.6. The van der Waals surface area contributed by atoms with Gasteiger partial charge in [-0.25, -0.2) is 9.55 Å². The van der Waals surface area contributed by atoms with Crippen LogP contribution in [-0.2, 0) is 7.05 Å². The first-order valence-corrected chi connectivity index (χ1v) is 9.46. The predicted octanol–water partition coefficient (Wildman–Crippen LogP) is 5.76. The number of furan rings is 1. The smallest absolute Gasteiger partial charge is 0.227 e. The SMILES string of the molecule is Cc1cc(C)c2c(oc3ncccc32)c1-c1cc(-c2ccccc2)cc[n+]1C. The highest BCUT2D eigenvalue weighted by Gasteiger charge is 2.23. The number of hydrogen-bond donors (Lipinski definition) is 0. The van der Waals surface area contributed by atoms with Crippen LogP contribution in [-0.4, -0.2) is 4.98 Å². The summed E-state index contributed by atoms with van der Waals surface area (Å²) < 4.78 is 8.43. The maximum Gasteiger partial charge on any atom is 0.227 e. The van der Waals surface area contributed by atoms with E-state index in [1.807, 2.05) is 12.1 Å². The molecule has 28 heavy (non-hydrogen) atoms. The normalized spacial score (nSPS) is 11.4. The zero-order valence-electron chi connectivity index (χ0n) is 16.2. The minimum Gasteiger partial charge on any atom is -0.437 e. The van der Waals surface area contributed by atoms with Crippen LogP contribution in [0.5, 0.6) is 0 Å². The van der Waals surface area contributed by atoms with Gasteiger partial charge in [-0.15, -0.1) is 0 Å². The van der Waals surface area contributed by atoms with Crippen molar-refractivity contribution in [2.75, 3.05) is 0 Å². The molecule has 0 amide bonds. The molecule has 0 saturated carbocycles. The number of aromatic nitrogens is 2. The Bertz CT molecular complexity index is 1330. The van der Waals surface area contributed by atoms with Crippen LogP contribution in [0.1, 0.15) is 11.1 Å². The molecule has 136 valence electrons. The van der Waals surface area contributed by atoms with E-state index in [1.54, 1.807) is 6.20 Å². The molecular formula is C25H21N2O+. The summed E-state index contributed by atoms with van der Waals surface area (Å²) in [7, 11) is 2.08. The van der Waals surface area contributed by atoms with Gasteiger partial charge in [-0.3, -0.25) is 0 Å². The molecular weight excluding hydrogens is 344 g/mol. The van der Waals surface area contributed by atoms with Crippen LogP contribution in [0.4, 0.5) is 0 Å². The molecule has 2 aromatic carbocycles. The quantitative estimate of drug-likeness (QED) is 0.373. The van der Waals surface area contributed by atoms with Gasteiger partial charge < -0.3 is 4.42 Å². The van der Waals surface area contributed by atoms with Gasteiger partial charge in [0.1, 0.15) is 7.05 Å². The van der Waals surface area contributed by atoms with Crippen molar-refractivity contribution < 1.29 is 8.98 Å². The maximum absolute atomic E-state index is 6.28. The van der Waals surface area contributed by atoms with Crippen molar-refractivity contribution in [1.82, 2.24) is 4.98 Å². The summed E-state index contributed by atoms with van der Waals surface area (Å²) in [4.78, 5) is 4.44. The van der Waals surface area contributed by atoms with Gasteiger partial charge in [0.2, 0.25) is 11.4 Å². The van der Waals surface area contributed by atoms with Crippen molar-refractivity contribution in [2.45, 2.75) is 13.8 Å². The van der Waals surface area contributed by atoms with Crippen molar-refractivity contribution in [3.05, 3.63) is 84.2 Å². The molecule has 3 aromatic heterocycles. The van der Waals surface area contributed by atoms with Gasteiger partial charge in [0.05, 0.1) is 5.56 Å². The van der Waals surface area contributed by atoms with Crippen LogP contribution < -0.4 is 4.57 Å². The molecule has 3 heteroatoms. The fraction of sp³-hybridized carbons (Fsp3) is 0.120. The number of aryl methyl sites for hydroxylation is 3. The summed E-state index contributed by atoms with van der Waals surface area (Å²) in [5, 5.41) is 2.21. The number of fused-ring (bicyclic) bond motifs is 3. The van der Waals surface area contributed by atoms with E-state index in [0.717, 1.165) is 27.6 Å². The van der Waals surface area contributed by atoms with Gasteiger partial charge in [0, 0.05) is 29.1 Å². The van der Waals surface area contributed by atoms with E-state index in [1.165, 1.54) is 22.3 Å². The Morgan fingerprint density at radius 2 is 1.68 bits per heavy atom. The monoisotopic (exact) mass is 365 g/mol. The van der Waals surface area contributed by atoms with Gasteiger partial charge in [0.25, 0.3) is 0 Å². The molecule has 0 N–H and O–H groups in total. The van der Waals surface area contributed by atoms with E-state index in [0.29, 0.717) is 5.71 Å². The van der Waals surface area contributed by atoms with Crippen molar-refractivity contribution >= 4 is 22.1 Å². The van der Waals surface area contributed by atoms with Gasteiger partial charge in [0.15, 0.2) is 11.8 Å². The molecule has 3 heterocycles. The molecule has 0 radical (unpaired) electrons. The summed E-state index contributed by atoms with van der Waals surface area (Å²) in [5.74, 6) is 0. The number of nitrogens with zero attached hydrogens (tertiary/aromatic N) is 2. The summed E-state index contributed by atoms with van der Waals surface area (Å²) >= 11 is 0. The Balaban J connectivity index is 1.85. The predicted molar refractivity (Wildman–Crippen MR) is 113 cm³/mol. The summed E-state index contributed by atoms with van der Waals surface area (Å²) in [5.41, 5.74) is 8.66. The molecule has 3 nitrogen and oxygen atoms in total. The van der Waals surface area contributed by atoms with E-state index in [2.05, 4.69) is 85.2 Å². The third kappa shape index (κ3) is 2.51. The molecule has 0 atom stereocenters. The average Bonchev–Trinajstić information content (AvgIpc) is 3.09. The Kier molecular flexibility index (Phi) is 3.76. The zero-order chi connectivity index (χ0) is 19.3. The minimum absolute atomic E-state index is 0.689. The Morgan fingerprint density at radius 3 is 2.50 bits per heavy atom. The van der Waals surface area contributed by atoms with Crippen LogP contribution in [0.25, 0.3) is 44.5 Å². The van der Waals surface area contributed by atoms with Crippen molar-refractivity contribution in [3.63, 3.8) is 0 Å². The largest absolute Gasteiger partial charge is 0.437 e. The molecule has 5 rings (SSSR count). The molecule has 0 spiro atoms. The number of hydrogen-bond acceptors (Lipinski definition) is 2. The fourth-order valence-corrected chi connectivity index (χ4v) is 4.09. The number of benzene rings is 2. The van der Waals surface area contributed by atoms with Crippen LogP contribution in [0, 0.1) is 13.8 Å². The van der Waals surface area contributed by atoms with Crippen molar-refractivity contribution in [2.24, 2.45) is 7.05 Å². The van der Waals surface area contributed by atoms with E-state index in [-0.39, 0.29) is 0 Å². The van der Waals surface area contributed by atoms with Crippen LogP contribution in [0.2, 0.25) is 0 Å². The molecule has 0 unspecified atom stereocenters. The first-order valence-electron chi connectivity index (χ1n) is 9.46. The lowest BCUT2D eigenvalue weighted by atomic mass is 9.95. The Hall–Kier alpha value is -3.46. The lowest BCUT2D eigenvalue weighted by molar-refractivity contribution is -0.660. The lowest BCUT2D eigenvalue weighted by Crippen LogP contribution is -2.30. The molecule has 5 aromatic rings. The molecule has 0 saturated heterocycles.